The molecule has 1 fully saturated rings. The summed E-state index contributed by atoms with van der Waals surface area (Å²) in [5, 5.41) is 23.8. The Labute approximate surface area is 304 Å². The average Bonchev–Trinajstić information content (AvgIpc) is 3.75. The zero-order chi connectivity index (χ0) is 35.5. The normalized spacial score (nSPS) is 15.4. The highest BCUT2D eigenvalue weighted by Gasteiger charge is 2.32. The molecule has 0 bridgehead atoms. The molecule has 2 aromatic carbocycles. The van der Waals surface area contributed by atoms with Gasteiger partial charge in [0.1, 0.15) is 0 Å². The second-order valence-electron chi connectivity index (χ2n) is 13.2. The topological polar surface area (TPSA) is 117 Å². The number of fused-ring (bicyclic) bond motifs is 2. The number of rotatable bonds is 10. The summed E-state index contributed by atoms with van der Waals surface area (Å²) in [6, 6.07) is 12.8. The molecular formula is C38H40FN7O3S2. The summed E-state index contributed by atoms with van der Waals surface area (Å²) >= 11 is 2.90. The second-order valence-corrected chi connectivity index (χ2v) is 15.3. The molecule has 0 unspecified atom stereocenters. The van der Waals surface area contributed by atoms with Crippen LogP contribution in [0.25, 0.3) is 10.2 Å². The fraction of sp³-hybridized carbons (Fsp3) is 0.395. The molecule has 10 nitrogen and oxygen atoms in total. The van der Waals surface area contributed by atoms with Gasteiger partial charge in [-0.05, 0) is 89.9 Å². The molecule has 0 saturated heterocycles. The van der Waals surface area contributed by atoms with Gasteiger partial charge in [-0.15, -0.1) is 21.5 Å². The third-order valence-corrected chi connectivity index (χ3v) is 11.8. The molecule has 3 aromatic heterocycles. The average molecular weight is 726 g/mol. The van der Waals surface area contributed by atoms with Crippen molar-refractivity contribution in [2.75, 3.05) is 37.5 Å². The molecular weight excluding hydrogens is 686 g/mol. The van der Waals surface area contributed by atoms with Gasteiger partial charge in [0.15, 0.2) is 39.2 Å². The SMILES string of the molecule is Cc1c(Nc2nc3ccccc3s2)nnc2c1CCCN2c1nc(C(=O)O)c(CCCOc2ccc(C#CC3(N(C)C)CCCCC3)cc2F)s1. The van der Waals surface area contributed by atoms with Crippen molar-refractivity contribution in [2.45, 2.75) is 70.3 Å². The summed E-state index contributed by atoms with van der Waals surface area (Å²) < 4.78 is 21.9. The number of aryl methyl sites for hydroxylation is 1. The van der Waals surface area contributed by atoms with Gasteiger partial charge in [-0.3, -0.25) is 4.90 Å². The molecule has 0 atom stereocenters. The van der Waals surface area contributed by atoms with Crippen molar-refractivity contribution in [2.24, 2.45) is 0 Å². The molecule has 1 aliphatic heterocycles. The largest absolute Gasteiger partial charge is 0.491 e. The van der Waals surface area contributed by atoms with Gasteiger partial charge in [0.05, 0.1) is 22.4 Å². The lowest BCUT2D eigenvalue weighted by Crippen LogP contribution is -2.44. The number of carboxylic acids is 1. The Morgan fingerprint density at radius 1 is 1.10 bits per heavy atom. The summed E-state index contributed by atoms with van der Waals surface area (Å²) in [5.74, 6) is 6.57. The molecule has 264 valence electrons. The van der Waals surface area contributed by atoms with Crippen LogP contribution in [0.5, 0.6) is 5.75 Å². The summed E-state index contributed by atoms with van der Waals surface area (Å²) in [6.45, 7) is 2.89. The first-order valence-corrected chi connectivity index (χ1v) is 19.0. The third-order valence-electron chi connectivity index (χ3n) is 9.74. The fourth-order valence-electron chi connectivity index (χ4n) is 6.82. The highest BCUT2D eigenvalue weighted by Crippen LogP contribution is 2.39. The molecule has 2 aliphatic rings. The molecule has 51 heavy (non-hydrogen) atoms. The van der Waals surface area contributed by atoms with Gasteiger partial charge in [0, 0.05) is 28.1 Å². The third kappa shape index (κ3) is 7.40. The van der Waals surface area contributed by atoms with E-state index in [1.165, 1.54) is 23.8 Å². The zero-order valence-corrected chi connectivity index (χ0v) is 30.6. The number of halogens is 1. The minimum absolute atomic E-state index is 0.0171. The molecule has 1 saturated carbocycles. The Hall–Kier alpha value is -4.64. The molecule has 1 aliphatic carbocycles. The van der Waals surface area contributed by atoms with E-state index in [0.717, 1.165) is 65.0 Å². The Balaban J connectivity index is 1.01. The number of thiazole rings is 2. The second kappa shape index (κ2) is 14.9. The van der Waals surface area contributed by atoms with Gasteiger partial charge in [0.25, 0.3) is 0 Å². The van der Waals surface area contributed by atoms with E-state index in [-0.39, 0.29) is 23.6 Å². The van der Waals surface area contributed by atoms with Crippen molar-refractivity contribution in [3.8, 4) is 17.6 Å². The van der Waals surface area contributed by atoms with Gasteiger partial charge >= 0.3 is 5.97 Å². The van der Waals surface area contributed by atoms with Crippen LogP contribution in [-0.2, 0) is 12.8 Å². The summed E-state index contributed by atoms with van der Waals surface area (Å²) in [5.41, 5.74) is 3.42. The maximum absolute atomic E-state index is 15.0. The summed E-state index contributed by atoms with van der Waals surface area (Å²) in [6.07, 6.45) is 8.17. The Morgan fingerprint density at radius 2 is 1.92 bits per heavy atom. The Bertz CT molecular complexity index is 2100. The van der Waals surface area contributed by atoms with Crippen molar-refractivity contribution < 1.29 is 19.0 Å². The first kappa shape index (κ1) is 34.8. The van der Waals surface area contributed by atoms with Crippen LogP contribution in [0.15, 0.2) is 42.5 Å². The fourth-order valence-corrected chi connectivity index (χ4v) is 8.81. The van der Waals surface area contributed by atoms with E-state index in [4.69, 9.17) is 4.74 Å². The quantitative estimate of drug-likeness (QED) is 0.108. The number of carboxylic acid groups (broad SMARTS) is 1. The summed E-state index contributed by atoms with van der Waals surface area (Å²) in [4.78, 5) is 26.2. The van der Waals surface area contributed by atoms with Crippen LogP contribution in [0.4, 0.5) is 26.3 Å². The molecule has 4 heterocycles. The van der Waals surface area contributed by atoms with Crippen molar-refractivity contribution in [3.63, 3.8) is 0 Å². The van der Waals surface area contributed by atoms with E-state index in [2.05, 4.69) is 56.3 Å². The van der Waals surface area contributed by atoms with Crippen molar-refractivity contribution in [3.05, 3.63) is 75.5 Å². The van der Waals surface area contributed by atoms with E-state index in [9.17, 15) is 9.90 Å². The number of nitrogens with zero attached hydrogens (tertiary/aromatic N) is 6. The number of carbonyl (C=O) groups is 1. The van der Waals surface area contributed by atoms with Gasteiger partial charge in [-0.1, -0.05) is 54.6 Å². The maximum Gasteiger partial charge on any atom is 0.355 e. The molecule has 0 spiro atoms. The minimum Gasteiger partial charge on any atom is -0.491 e. The smallest absolute Gasteiger partial charge is 0.355 e. The number of hydrogen-bond acceptors (Lipinski definition) is 11. The number of benzene rings is 2. The van der Waals surface area contributed by atoms with E-state index < -0.39 is 11.8 Å². The number of aromatic nitrogens is 4. The van der Waals surface area contributed by atoms with Crippen molar-refractivity contribution >= 4 is 60.8 Å². The first-order chi connectivity index (χ1) is 24.7. The first-order valence-electron chi connectivity index (χ1n) is 17.3. The lowest BCUT2D eigenvalue weighted by Gasteiger charge is -2.38. The lowest BCUT2D eigenvalue weighted by molar-refractivity contribution is 0.0690. The van der Waals surface area contributed by atoms with Crippen LogP contribution in [0.2, 0.25) is 0 Å². The van der Waals surface area contributed by atoms with E-state index in [1.54, 1.807) is 23.5 Å². The predicted molar refractivity (Wildman–Crippen MR) is 201 cm³/mol. The van der Waals surface area contributed by atoms with Gasteiger partial charge in [-0.2, -0.15) is 0 Å². The monoisotopic (exact) mass is 725 g/mol. The number of ether oxygens (including phenoxy) is 1. The standard InChI is InChI=1S/C38H40FN7O3S2/c1-24-26-11-9-21-46(34(26)44-43-33(24)42-36-40-28-12-5-6-13-30(28)50-36)37-41-32(35(47)48)31(51-37)14-10-22-49-29-16-15-25(23-27(29)39)17-20-38(45(2)3)18-7-4-8-19-38/h5-6,12-13,15-16,23H,4,7-11,14,18-19,21-22H2,1-3H3,(H,47,48)(H,40,42,43). The Kier molecular flexibility index (Phi) is 10.2. The molecule has 13 heteroatoms. The van der Waals surface area contributed by atoms with Gasteiger partial charge in [0.2, 0.25) is 0 Å². The van der Waals surface area contributed by atoms with Crippen LogP contribution in [-0.4, -0.2) is 68.9 Å². The van der Waals surface area contributed by atoms with Crippen molar-refractivity contribution in [1.82, 2.24) is 25.1 Å². The molecule has 0 radical (unpaired) electrons. The van der Waals surface area contributed by atoms with Gasteiger partial charge < -0.3 is 20.1 Å². The van der Waals surface area contributed by atoms with Gasteiger partial charge in [-0.25, -0.2) is 19.2 Å². The lowest BCUT2D eigenvalue weighted by atomic mass is 9.81. The predicted octanol–water partition coefficient (Wildman–Crippen LogP) is 8.14. The number of para-hydroxylation sites is 1. The van der Waals surface area contributed by atoms with Crippen LogP contribution in [0.3, 0.4) is 0 Å². The number of aromatic carboxylic acids is 1. The highest BCUT2D eigenvalue weighted by atomic mass is 32.1. The van der Waals surface area contributed by atoms with Crippen molar-refractivity contribution in [1.29, 1.82) is 0 Å². The molecule has 5 aromatic rings. The van der Waals surface area contributed by atoms with Crippen LogP contribution < -0.4 is 15.0 Å². The van der Waals surface area contributed by atoms with E-state index in [1.807, 2.05) is 36.1 Å². The van der Waals surface area contributed by atoms with Crippen LogP contribution in [0.1, 0.15) is 77.0 Å². The Morgan fingerprint density at radius 3 is 2.69 bits per heavy atom. The highest BCUT2D eigenvalue weighted by molar-refractivity contribution is 7.22. The van der Waals surface area contributed by atoms with E-state index >= 15 is 4.39 Å². The maximum atomic E-state index is 15.0. The van der Waals surface area contributed by atoms with Crippen LogP contribution >= 0.6 is 22.7 Å². The molecule has 2 N–H and O–H groups in total. The van der Waals surface area contributed by atoms with Crippen LogP contribution in [0, 0.1) is 24.6 Å². The van der Waals surface area contributed by atoms with E-state index in [0.29, 0.717) is 46.6 Å². The number of anilines is 4. The molecule has 0 amide bonds. The number of hydrogen-bond donors (Lipinski definition) is 2. The molecule has 7 rings (SSSR count). The number of nitrogens with one attached hydrogen (secondary N) is 1. The minimum atomic E-state index is -1.09. The summed E-state index contributed by atoms with van der Waals surface area (Å²) in [7, 11) is 4.12. The zero-order valence-electron chi connectivity index (χ0n) is 29.0.